The molecular formula is C12H10ClN3O2. The van der Waals surface area contributed by atoms with E-state index in [1.54, 1.807) is 24.3 Å². The predicted molar refractivity (Wildman–Crippen MR) is 68.0 cm³/mol. The van der Waals surface area contributed by atoms with Crippen molar-refractivity contribution in [2.45, 2.75) is 0 Å². The maximum Gasteiger partial charge on any atom is 0.258 e. The maximum absolute atomic E-state index is 11.8. The molecule has 5 nitrogen and oxygen atoms in total. The van der Waals surface area contributed by atoms with Crippen molar-refractivity contribution >= 4 is 23.5 Å². The largest absolute Gasteiger partial charge is 0.481 e. The van der Waals surface area contributed by atoms with E-state index in [9.17, 15) is 4.79 Å². The van der Waals surface area contributed by atoms with Crippen molar-refractivity contribution in [3.63, 3.8) is 0 Å². The number of benzene rings is 1. The van der Waals surface area contributed by atoms with Crippen LogP contribution < -0.4 is 10.1 Å². The molecule has 0 spiro atoms. The summed E-state index contributed by atoms with van der Waals surface area (Å²) < 4.78 is 4.94. The van der Waals surface area contributed by atoms with Crippen LogP contribution in [0, 0.1) is 0 Å². The number of anilines is 1. The molecule has 1 aromatic heterocycles. The van der Waals surface area contributed by atoms with E-state index in [0.29, 0.717) is 11.4 Å². The summed E-state index contributed by atoms with van der Waals surface area (Å²) in [6.45, 7) is 0. The van der Waals surface area contributed by atoms with Crippen molar-refractivity contribution in [1.29, 1.82) is 0 Å². The van der Waals surface area contributed by atoms with Crippen molar-refractivity contribution in [3.8, 4) is 5.88 Å². The second-order valence-electron chi connectivity index (χ2n) is 3.38. The minimum Gasteiger partial charge on any atom is -0.481 e. The molecule has 0 saturated heterocycles. The van der Waals surface area contributed by atoms with Crippen LogP contribution in [0.25, 0.3) is 0 Å². The van der Waals surface area contributed by atoms with Gasteiger partial charge >= 0.3 is 0 Å². The number of nitrogens with one attached hydrogen (secondary N) is 1. The van der Waals surface area contributed by atoms with Crippen LogP contribution in [0.1, 0.15) is 10.4 Å². The summed E-state index contributed by atoms with van der Waals surface area (Å²) in [5.41, 5.74) is 0.514. The van der Waals surface area contributed by atoms with Gasteiger partial charge in [0.1, 0.15) is 5.15 Å². The van der Waals surface area contributed by atoms with Gasteiger partial charge in [0.2, 0.25) is 11.8 Å². The first-order valence-corrected chi connectivity index (χ1v) is 5.52. The van der Waals surface area contributed by atoms with Gasteiger partial charge in [-0.05, 0) is 12.1 Å². The summed E-state index contributed by atoms with van der Waals surface area (Å²) in [5, 5.41) is 2.75. The molecule has 0 aliphatic rings. The van der Waals surface area contributed by atoms with Crippen LogP contribution in [0.5, 0.6) is 5.88 Å². The number of carbonyl (C=O) groups excluding carboxylic acids is 1. The topological polar surface area (TPSA) is 64.1 Å². The van der Waals surface area contributed by atoms with E-state index in [2.05, 4.69) is 15.3 Å². The Morgan fingerprint density at radius 2 is 2.00 bits per heavy atom. The van der Waals surface area contributed by atoms with Gasteiger partial charge in [0.05, 0.1) is 7.11 Å². The number of hydrogen-bond acceptors (Lipinski definition) is 4. The van der Waals surface area contributed by atoms with Crippen molar-refractivity contribution < 1.29 is 9.53 Å². The van der Waals surface area contributed by atoms with Gasteiger partial charge in [0.15, 0.2) is 0 Å². The van der Waals surface area contributed by atoms with E-state index in [1.807, 2.05) is 6.07 Å². The molecule has 0 bridgehead atoms. The monoisotopic (exact) mass is 263 g/mol. The smallest absolute Gasteiger partial charge is 0.258 e. The zero-order valence-corrected chi connectivity index (χ0v) is 10.3. The summed E-state index contributed by atoms with van der Waals surface area (Å²) in [6.07, 6.45) is 0. The fourth-order valence-corrected chi connectivity index (χ4v) is 1.49. The summed E-state index contributed by atoms with van der Waals surface area (Å²) >= 11 is 5.78. The number of methoxy groups -OCH3 is 1. The van der Waals surface area contributed by atoms with Crippen LogP contribution in [-0.2, 0) is 0 Å². The van der Waals surface area contributed by atoms with Crippen LogP contribution in [-0.4, -0.2) is 23.0 Å². The van der Waals surface area contributed by atoms with Crippen LogP contribution in [0.4, 0.5) is 5.95 Å². The standard InChI is InChI=1S/C12H10ClN3O2/c1-18-10-7-9(13)14-12(15-10)16-11(17)8-5-3-2-4-6-8/h2-7H,1H3,(H,14,15,16,17). The fraction of sp³-hybridized carbons (Fsp3) is 0.0833. The summed E-state index contributed by atoms with van der Waals surface area (Å²) in [5.74, 6) is 0.0893. The lowest BCUT2D eigenvalue weighted by Gasteiger charge is -2.05. The first-order valence-electron chi connectivity index (χ1n) is 5.14. The van der Waals surface area contributed by atoms with E-state index in [0.717, 1.165) is 0 Å². The Balaban J connectivity index is 2.19. The summed E-state index contributed by atoms with van der Waals surface area (Å²) in [6, 6.07) is 10.2. The minimum atomic E-state index is -0.306. The second kappa shape index (κ2) is 5.46. The maximum atomic E-state index is 11.8. The second-order valence-corrected chi connectivity index (χ2v) is 3.76. The Morgan fingerprint density at radius 1 is 1.28 bits per heavy atom. The third-order valence-electron chi connectivity index (χ3n) is 2.14. The highest BCUT2D eigenvalue weighted by Gasteiger charge is 2.09. The van der Waals surface area contributed by atoms with Gasteiger partial charge < -0.3 is 4.74 Å². The Kier molecular flexibility index (Phi) is 3.74. The fourth-order valence-electron chi connectivity index (χ4n) is 1.32. The summed E-state index contributed by atoms with van der Waals surface area (Å²) in [7, 11) is 1.46. The molecule has 2 rings (SSSR count). The highest BCUT2D eigenvalue weighted by Crippen LogP contribution is 2.16. The molecule has 1 heterocycles. The number of rotatable bonds is 3. The van der Waals surface area contributed by atoms with Crippen LogP contribution in [0.3, 0.4) is 0 Å². The minimum absolute atomic E-state index is 0.105. The molecule has 0 fully saturated rings. The molecule has 1 N–H and O–H groups in total. The van der Waals surface area contributed by atoms with Gasteiger partial charge in [-0.2, -0.15) is 4.98 Å². The van der Waals surface area contributed by atoms with Gasteiger partial charge in [-0.15, -0.1) is 0 Å². The molecule has 0 aliphatic heterocycles. The highest BCUT2D eigenvalue weighted by molar-refractivity contribution is 6.29. The molecule has 18 heavy (non-hydrogen) atoms. The Labute approximate surface area is 109 Å². The third kappa shape index (κ3) is 2.95. The van der Waals surface area contributed by atoms with Gasteiger partial charge in [-0.1, -0.05) is 29.8 Å². The van der Waals surface area contributed by atoms with E-state index in [-0.39, 0.29) is 17.0 Å². The van der Waals surface area contributed by atoms with Gasteiger partial charge in [-0.3, -0.25) is 10.1 Å². The first kappa shape index (κ1) is 12.3. The zero-order valence-electron chi connectivity index (χ0n) is 9.55. The van der Waals surface area contributed by atoms with Gasteiger partial charge in [0, 0.05) is 11.6 Å². The molecule has 0 aliphatic carbocycles. The van der Waals surface area contributed by atoms with E-state index < -0.39 is 0 Å². The number of aromatic nitrogens is 2. The Morgan fingerprint density at radius 3 is 2.67 bits per heavy atom. The molecule has 92 valence electrons. The number of nitrogens with zero attached hydrogens (tertiary/aromatic N) is 2. The molecule has 0 saturated carbocycles. The quantitative estimate of drug-likeness (QED) is 0.864. The molecule has 6 heteroatoms. The number of halogens is 1. The molecule has 2 aromatic rings. The lowest BCUT2D eigenvalue weighted by atomic mass is 10.2. The Hall–Kier alpha value is -2.14. The third-order valence-corrected chi connectivity index (χ3v) is 2.34. The van der Waals surface area contributed by atoms with Crippen molar-refractivity contribution in [2.24, 2.45) is 0 Å². The van der Waals surface area contributed by atoms with Crippen molar-refractivity contribution in [3.05, 3.63) is 47.1 Å². The first-order chi connectivity index (χ1) is 8.69. The molecular weight excluding hydrogens is 254 g/mol. The Bertz CT molecular complexity index is 561. The van der Waals surface area contributed by atoms with Gasteiger partial charge in [0.25, 0.3) is 5.91 Å². The molecule has 1 aromatic carbocycles. The number of amides is 1. The van der Waals surface area contributed by atoms with Crippen molar-refractivity contribution in [2.75, 3.05) is 12.4 Å². The van der Waals surface area contributed by atoms with Gasteiger partial charge in [-0.25, -0.2) is 4.98 Å². The average Bonchev–Trinajstić information content (AvgIpc) is 2.39. The van der Waals surface area contributed by atoms with E-state index in [4.69, 9.17) is 16.3 Å². The molecule has 1 amide bonds. The summed E-state index contributed by atoms with van der Waals surface area (Å²) in [4.78, 5) is 19.7. The van der Waals surface area contributed by atoms with E-state index >= 15 is 0 Å². The lowest BCUT2D eigenvalue weighted by Crippen LogP contribution is -2.14. The molecule has 0 atom stereocenters. The van der Waals surface area contributed by atoms with Crippen LogP contribution >= 0.6 is 11.6 Å². The molecule has 0 radical (unpaired) electrons. The van der Waals surface area contributed by atoms with Crippen LogP contribution in [0.15, 0.2) is 36.4 Å². The average molecular weight is 264 g/mol. The highest BCUT2D eigenvalue weighted by atomic mass is 35.5. The number of hydrogen-bond donors (Lipinski definition) is 1. The van der Waals surface area contributed by atoms with E-state index in [1.165, 1.54) is 13.2 Å². The SMILES string of the molecule is COc1cc(Cl)nc(NC(=O)c2ccccc2)n1. The zero-order chi connectivity index (χ0) is 13.0. The number of ether oxygens (including phenoxy) is 1. The normalized spacial score (nSPS) is 9.89. The predicted octanol–water partition coefficient (Wildman–Crippen LogP) is 2.39. The lowest BCUT2D eigenvalue weighted by molar-refractivity contribution is 0.102. The molecule has 0 unspecified atom stereocenters. The number of carbonyl (C=O) groups is 1. The van der Waals surface area contributed by atoms with Crippen molar-refractivity contribution in [1.82, 2.24) is 9.97 Å². The van der Waals surface area contributed by atoms with Crippen LogP contribution in [0.2, 0.25) is 5.15 Å².